The van der Waals surface area contributed by atoms with Crippen LogP contribution in [-0.4, -0.2) is 4.98 Å². The molecular weight excluding hydrogens is 194 g/mol. The first kappa shape index (κ1) is 7.88. The minimum absolute atomic E-state index is 0.862. The largest absolute Gasteiger partial charge is 0.456 e. The van der Waals surface area contributed by atoms with Gasteiger partial charge in [-0.25, -0.2) is 0 Å². The number of aromatic nitrogens is 1. The Bertz CT molecular complexity index is 615. The van der Waals surface area contributed by atoms with Crippen molar-refractivity contribution >= 4 is 34.6 Å². The maximum atomic E-state index is 5.64. The number of benzene rings is 1. The molecule has 0 saturated carbocycles. The highest BCUT2D eigenvalue weighted by molar-refractivity contribution is 7.80. The van der Waals surface area contributed by atoms with Gasteiger partial charge in [0.15, 0.2) is 0 Å². The molecule has 0 unspecified atom stereocenters. The van der Waals surface area contributed by atoms with Crippen molar-refractivity contribution in [3.8, 4) is 0 Å². The summed E-state index contributed by atoms with van der Waals surface area (Å²) in [5.41, 5.74) is 1.73. The van der Waals surface area contributed by atoms with Crippen molar-refractivity contribution in [1.82, 2.24) is 4.98 Å². The van der Waals surface area contributed by atoms with Gasteiger partial charge in [0.1, 0.15) is 11.2 Å². The van der Waals surface area contributed by atoms with E-state index in [-0.39, 0.29) is 0 Å². The van der Waals surface area contributed by atoms with Crippen LogP contribution < -0.4 is 0 Å². The van der Waals surface area contributed by atoms with Gasteiger partial charge in [-0.2, -0.15) is 0 Å². The summed E-state index contributed by atoms with van der Waals surface area (Å²) in [7, 11) is 0. The van der Waals surface area contributed by atoms with Crippen molar-refractivity contribution in [3.05, 3.63) is 36.7 Å². The molecule has 1 aromatic carbocycles. The van der Waals surface area contributed by atoms with Crippen LogP contribution in [0.2, 0.25) is 0 Å². The number of furan rings is 1. The van der Waals surface area contributed by atoms with Crippen molar-refractivity contribution in [3.63, 3.8) is 0 Å². The highest BCUT2D eigenvalue weighted by atomic mass is 32.1. The van der Waals surface area contributed by atoms with Crippen LogP contribution in [0.1, 0.15) is 0 Å². The lowest BCUT2D eigenvalue weighted by Crippen LogP contribution is -1.69. The van der Waals surface area contributed by atoms with Gasteiger partial charge in [0, 0.05) is 28.1 Å². The lowest BCUT2D eigenvalue weighted by Gasteiger charge is -1.89. The molecule has 2 heterocycles. The van der Waals surface area contributed by atoms with E-state index in [9.17, 15) is 0 Å². The normalized spacial score (nSPS) is 11.2. The van der Waals surface area contributed by atoms with Crippen LogP contribution in [0.4, 0.5) is 0 Å². The van der Waals surface area contributed by atoms with Gasteiger partial charge in [0.25, 0.3) is 0 Å². The molecule has 0 aliphatic rings. The molecule has 0 N–H and O–H groups in total. The number of thiol groups is 1. The van der Waals surface area contributed by atoms with Gasteiger partial charge in [-0.1, -0.05) is 0 Å². The third-order valence-electron chi connectivity index (χ3n) is 2.26. The van der Waals surface area contributed by atoms with Gasteiger partial charge in [-0.05, 0) is 24.3 Å². The Morgan fingerprint density at radius 2 is 2.00 bits per heavy atom. The summed E-state index contributed by atoms with van der Waals surface area (Å²) in [6.45, 7) is 0. The van der Waals surface area contributed by atoms with E-state index in [1.807, 2.05) is 30.5 Å². The summed E-state index contributed by atoms with van der Waals surface area (Å²) in [5.74, 6) is 0. The first-order chi connectivity index (χ1) is 6.84. The predicted molar refractivity (Wildman–Crippen MR) is 58.8 cm³/mol. The van der Waals surface area contributed by atoms with E-state index in [0.29, 0.717) is 0 Å². The van der Waals surface area contributed by atoms with Crippen LogP contribution in [0.5, 0.6) is 0 Å². The Labute approximate surface area is 86.0 Å². The van der Waals surface area contributed by atoms with Gasteiger partial charge < -0.3 is 4.42 Å². The molecule has 2 aromatic heterocycles. The van der Waals surface area contributed by atoms with Crippen LogP contribution in [-0.2, 0) is 0 Å². The van der Waals surface area contributed by atoms with E-state index >= 15 is 0 Å². The maximum absolute atomic E-state index is 5.64. The SMILES string of the molecule is Sc1ccc2c(c1)oc1ccncc12. The Morgan fingerprint density at radius 3 is 2.93 bits per heavy atom. The summed E-state index contributed by atoms with van der Waals surface area (Å²) in [4.78, 5) is 4.99. The molecule has 0 radical (unpaired) electrons. The van der Waals surface area contributed by atoms with E-state index in [1.54, 1.807) is 6.20 Å². The smallest absolute Gasteiger partial charge is 0.138 e. The summed E-state index contributed by atoms with van der Waals surface area (Å²) in [5, 5.41) is 2.14. The number of nitrogens with zero attached hydrogens (tertiary/aromatic N) is 1. The van der Waals surface area contributed by atoms with E-state index in [2.05, 4.69) is 17.6 Å². The molecule has 0 bridgehead atoms. The molecule has 14 heavy (non-hydrogen) atoms. The van der Waals surface area contributed by atoms with Crippen LogP contribution >= 0.6 is 12.6 Å². The van der Waals surface area contributed by atoms with Crippen molar-refractivity contribution < 1.29 is 4.42 Å². The van der Waals surface area contributed by atoms with Gasteiger partial charge in [-0.3, -0.25) is 4.98 Å². The number of rotatable bonds is 0. The lowest BCUT2D eigenvalue weighted by atomic mass is 10.2. The van der Waals surface area contributed by atoms with Crippen molar-refractivity contribution in [1.29, 1.82) is 0 Å². The molecule has 3 aromatic rings. The first-order valence-corrected chi connectivity index (χ1v) is 4.74. The fourth-order valence-corrected chi connectivity index (χ4v) is 1.80. The van der Waals surface area contributed by atoms with Crippen molar-refractivity contribution in [2.24, 2.45) is 0 Å². The van der Waals surface area contributed by atoms with Crippen molar-refractivity contribution in [2.75, 3.05) is 0 Å². The van der Waals surface area contributed by atoms with E-state index in [1.165, 1.54) is 0 Å². The number of fused-ring (bicyclic) bond motifs is 3. The summed E-state index contributed by atoms with van der Waals surface area (Å²) < 4.78 is 5.64. The Morgan fingerprint density at radius 1 is 1.07 bits per heavy atom. The minimum Gasteiger partial charge on any atom is -0.456 e. The second-order valence-corrected chi connectivity index (χ2v) is 3.67. The monoisotopic (exact) mass is 201 g/mol. The quantitative estimate of drug-likeness (QED) is 0.565. The molecule has 2 nitrogen and oxygen atoms in total. The van der Waals surface area contributed by atoms with Gasteiger partial charge in [-0.15, -0.1) is 12.6 Å². The topological polar surface area (TPSA) is 26.0 Å². The molecule has 0 aliphatic carbocycles. The molecule has 0 saturated heterocycles. The third kappa shape index (κ3) is 1.02. The second kappa shape index (κ2) is 2.75. The molecule has 0 fully saturated rings. The molecule has 68 valence electrons. The van der Waals surface area contributed by atoms with Crippen LogP contribution in [0.3, 0.4) is 0 Å². The van der Waals surface area contributed by atoms with Gasteiger partial charge >= 0.3 is 0 Å². The average Bonchev–Trinajstić information content (AvgIpc) is 2.54. The summed E-state index contributed by atoms with van der Waals surface area (Å²) in [6, 6.07) is 7.74. The number of hydrogen-bond donors (Lipinski definition) is 1. The Hall–Kier alpha value is -1.48. The average molecular weight is 201 g/mol. The van der Waals surface area contributed by atoms with Crippen LogP contribution in [0.25, 0.3) is 21.9 Å². The second-order valence-electron chi connectivity index (χ2n) is 3.15. The zero-order chi connectivity index (χ0) is 9.54. The Balaban J connectivity index is 2.57. The fourth-order valence-electron chi connectivity index (χ4n) is 1.61. The van der Waals surface area contributed by atoms with Crippen molar-refractivity contribution in [2.45, 2.75) is 4.90 Å². The summed E-state index contributed by atoms with van der Waals surface area (Å²) >= 11 is 4.27. The Kier molecular flexibility index (Phi) is 1.55. The van der Waals surface area contributed by atoms with E-state index < -0.39 is 0 Å². The number of hydrogen-bond acceptors (Lipinski definition) is 3. The lowest BCUT2D eigenvalue weighted by molar-refractivity contribution is 0.667. The van der Waals surface area contributed by atoms with Gasteiger partial charge in [0.2, 0.25) is 0 Å². The molecule has 0 aliphatic heterocycles. The summed E-state index contributed by atoms with van der Waals surface area (Å²) in [6.07, 6.45) is 3.55. The van der Waals surface area contributed by atoms with Gasteiger partial charge in [0.05, 0.1) is 0 Å². The standard InChI is InChI=1S/C11H7NOS/c14-7-1-2-8-9-6-12-4-3-10(9)13-11(8)5-7/h1-6,14H. The van der Waals surface area contributed by atoms with Crippen LogP contribution in [0, 0.1) is 0 Å². The molecule has 0 amide bonds. The zero-order valence-corrected chi connectivity index (χ0v) is 8.16. The highest BCUT2D eigenvalue weighted by Gasteiger charge is 2.05. The van der Waals surface area contributed by atoms with Crippen LogP contribution in [0.15, 0.2) is 46.0 Å². The molecule has 3 heteroatoms. The predicted octanol–water partition coefficient (Wildman–Crippen LogP) is 3.27. The fraction of sp³-hybridized carbons (Fsp3) is 0. The minimum atomic E-state index is 0.862. The molecule has 3 rings (SSSR count). The number of pyridine rings is 1. The maximum Gasteiger partial charge on any atom is 0.138 e. The highest BCUT2D eigenvalue weighted by Crippen LogP contribution is 2.28. The molecule has 0 spiro atoms. The van der Waals surface area contributed by atoms with E-state index in [0.717, 1.165) is 26.8 Å². The first-order valence-electron chi connectivity index (χ1n) is 4.30. The van der Waals surface area contributed by atoms with E-state index in [4.69, 9.17) is 4.42 Å². The zero-order valence-electron chi connectivity index (χ0n) is 7.27. The third-order valence-corrected chi connectivity index (χ3v) is 2.53. The molecule has 0 atom stereocenters. The molecular formula is C11H7NOS.